The number of nitrogens with one attached hydrogen (secondary N) is 1. The first kappa shape index (κ1) is 20.5. The second-order valence-corrected chi connectivity index (χ2v) is 9.91. The van der Waals surface area contributed by atoms with Gasteiger partial charge in [-0.05, 0) is 64.4 Å². The summed E-state index contributed by atoms with van der Waals surface area (Å²) in [5, 5.41) is 6.26. The van der Waals surface area contributed by atoms with Crippen LogP contribution in [-0.4, -0.2) is 4.98 Å². The van der Waals surface area contributed by atoms with Crippen LogP contribution in [0.25, 0.3) is 21.9 Å². The van der Waals surface area contributed by atoms with Crippen LogP contribution >= 0.6 is 31.9 Å². The van der Waals surface area contributed by atoms with E-state index in [-0.39, 0.29) is 6.17 Å². The molecule has 5 heteroatoms. The highest BCUT2D eigenvalue weighted by molar-refractivity contribution is 9.11. The summed E-state index contributed by atoms with van der Waals surface area (Å²) in [6.07, 6.45) is 1.81. The van der Waals surface area contributed by atoms with E-state index < -0.39 is 0 Å². The molecule has 1 aliphatic heterocycles. The van der Waals surface area contributed by atoms with Crippen LogP contribution in [0.5, 0.6) is 0 Å². The van der Waals surface area contributed by atoms with Gasteiger partial charge in [-0.1, -0.05) is 86.5 Å². The largest absolute Gasteiger partial charge is 0.358 e. The number of fused-ring (bicyclic) bond motifs is 2. The van der Waals surface area contributed by atoms with Crippen molar-refractivity contribution in [2.45, 2.75) is 6.17 Å². The zero-order chi connectivity index (χ0) is 22.4. The Bertz CT molecular complexity index is 1460. The van der Waals surface area contributed by atoms with Crippen molar-refractivity contribution >= 4 is 59.8 Å². The monoisotopic (exact) mass is 555 g/mol. The number of benzene rings is 4. The molecule has 1 atom stereocenters. The van der Waals surface area contributed by atoms with Crippen molar-refractivity contribution in [3.8, 4) is 11.1 Å². The molecule has 0 radical (unpaired) electrons. The van der Waals surface area contributed by atoms with Gasteiger partial charge in [-0.2, -0.15) is 0 Å². The fourth-order valence-electron chi connectivity index (χ4n) is 4.52. The van der Waals surface area contributed by atoms with Crippen LogP contribution in [0.1, 0.15) is 11.7 Å². The molecule has 0 bridgehead atoms. The second kappa shape index (κ2) is 8.32. The number of anilines is 3. The molecular weight excluding hydrogens is 538 g/mol. The molecule has 6 rings (SSSR count). The molecule has 0 saturated carbocycles. The smallest absolute Gasteiger partial charge is 0.159 e. The van der Waals surface area contributed by atoms with E-state index in [2.05, 4.69) is 133 Å². The lowest BCUT2D eigenvalue weighted by molar-refractivity contribution is 0.819. The highest BCUT2D eigenvalue weighted by atomic mass is 79.9. The summed E-state index contributed by atoms with van der Waals surface area (Å²) in [6.45, 7) is 0. The van der Waals surface area contributed by atoms with E-state index in [0.717, 1.165) is 37.3 Å². The number of rotatable bonds is 3. The summed E-state index contributed by atoms with van der Waals surface area (Å²) in [4.78, 5) is 7.10. The van der Waals surface area contributed by atoms with Crippen molar-refractivity contribution in [2.75, 3.05) is 10.2 Å². The minimum absolute atomic E-state index is 0.0923. The third-order valence-corrected chi connectivity index (χ3v) is 6.91. The number of hydrogen-bond donors (Lipinski definition) is 1. The molecule has 3 nitrogen and oxygen atoms in total. The van der Waals surface area contributed by atoms with Gasteiger partial charge in [0.2, 0.25) is 0 Å². The summed E-state index contributed by atoms with van der Waals surface area (Å²) < 4.78 is 2.06. The van der Waals surface area contributed by atoms with Gasteiger partial charge >= 0.3 is 0 Å². The molecule has 0 amide bonds. The van der Waals surface area contributed by atoms with Crippen LogP contribution in [-0.2, 0) is 0 Å². The molecule has 1 aromatic heterocycles. The number of pyridine rings is 1. The molecule has 0 saturated heterocycles. The van der Waals surface area contributed by atoms with Crippen molar-refractivity contribution < 1.29 is 0 Å². The van der Waals surface area contributed by atoms with Crippen molar-refractivity contribution in [2.24, 2.45) is 0 Å². The van der Waals surface area contributed by atoms with Crippen LogP contribution in [0.3, 0.4) is 0 Å². The van der Waals surface area contributed by atoms with Crippen molar-refractivity contribution in [3.05, 3.63) is 118 Å². The Morgan fingerprint density at radius 2 is 1.45 bits per heavy atom. The lowest BCUT2D eigenvalue weighted by Crippen LogP contribution is -2.23. The van der Waals surface area contributed by atoms with E-state index in [1.54, 1.807) is 0 Å². The molecule has 33 heavy (non-hydrogen) atoms. The number of hydrogen-bond acceptors (Lipinski definition) is 3. The predicted molar refractivity (Wildman–Crippen MR) is 144 cm³/mol. The van der Waals surface area contributed by atoms with Crippen LogP contribution < -0.4 is 10.2 Å². The van der Waals surface area contributed by atoms with Gasteiger partial charge in [0, 0.05) is 26.4 Å². The Morgan fingerprint density at radius 1 is 0.727 bits per heavy atom. The Balaban J connectivity index is 1.53. The third-order valence-electron chi connectivity index (χ3n) is 5.99. The number of nitrogens with zero attached hydrogens (tertiary/aromatic N) is 2. The Hall–Kier alpha value is -3.15. The van der Waals surface area contributed by atoms with Gasteiger partial charge in [-0.15, -0.1) is 0 Å². The molecule has 1 unspecified atom stereocenters. The molecule has 1 N–H and O–H groups in total. The van der Waals surface area contributed by atoms with Crippen molar-refractivity contribution in [1.82, 2.24) is 4.98 Å². The second-order valence-electron chi connectivity index (χ2n) is 8.07. The average molecular weight is 557 g/mol. The van der Waals surface area contributed by atoms with Crippen molar-refractivity contribution in [3.63, 3.8) is 0 Å². The normalized spacial score (nSPS) is 14.8. The van der Waals surface area contributed by atoms with Crippen molar-refractivity contribution in [1.29, 1.82) is 0 Å². The molecule has 1 aliphatic rings. The molecule has 0 aliphatic carbocycles. The average Bonchev–Trinajstić information content (AvgIpc) is 3.23. The number of aromatic nitrogens is 1. The topological polar surface area (TPSA) is 28.2 Å². The zero-order valence-corrected chi connectivity index (χ0v) is 20.7. The summed E-state index contributed by atoms with van der Waals surface area (Å²) >= 11 is 7.31. The Labute approximate surface area is 209 Å². The number of para-hydroxylation sites is 1. The number of halogens is 2. The lowest BCUT2D eigenvalue weighted by Gasteiger charge is -2.26. The van der Waals surface area contributed by atoms with Gasteiger partial charge in [0.15, 0.2) is 5.82 Å². The molecule has 0 spiro atoms. The molecule has 4 aromatic carbocycles. The molecule has 5 aromatic rings. The summed E-state index contributed by atoms with van der Waals surface area (Å²) in [6, 6.07) is 34.0. The molecule has 2 heterocycles. The Kier molecular flexibility index (Phi) is 5.16. The standard InChI is InChI=1S/C28H19Br2N3/c29-22-15-21(16-23(30)17-22)27-32-26-25(20-11-10-18-6-4-5-7-19(18)14-20)12-13-31-28(26)33(27)24-8-2-1-3-9-24/h1-17,27,32H. The molecule has 0 fully saturated rings. The maximum Gasteiger partial charge on any atom is 0.159 e. The van der Waals surface area contributed by atoms with Gasteiger partial charge in [0.1, 0.15) is 6.17 Å². The fraction of sp³-hybridized carbons (Fsp3) is 0.0357. The van der Waals surface area contributed by atoms with Gasteiger partial charge in [0.05, 0.1) is 5.69 Å². The van der Waals surface area contributed by atoms with E-state index in [1.807, 2.05) is 12.3 Å². The molecular formula is C28H19Br2N3. The Morgan fingerprint density at radius 3 is 2.24 bits per heavy atom. The first-order valence-corrected chi connectivity index (χ1v) is 12.3. The summed E-state index contributed by atoms with van der Waals surface area (Å²) in [7, 11) is 0. The first-order chi connectivity index (χ1) is 16.2. The van der Waals surface area contributed by atoms with Gasteiger partial charge in [-0.3, -0.25) is 4.90 Å². The maximum absolute atomic E-state index is 4.83. The summed E-state index contributed by atoms with van der Waals surface area (Å²) in [5.74, 6) is 0.924. The van der Waals surface area contributed by atoms with E-state index in [0.29, 0.717) is 0 Å². The highest BCUT2D eigenvalue weighted by Crippen LogP contribution is 2.49. The first-order valence-electron chi connectivity index (χ1n) is 10.7. The fourth-order valence-corrected chi connectivity index (χ4v) is 5.85. The van der Waals surface area contributed by atoms with E-state index in [9.17, 15) is 0 Å². The predicted octanol–water partition coefficient (Wildman–Crippen LogP) is 8.69. The lowest BCUT2D eigenvalue weighted by atomic mass is 10.0. The van der Waals surface area contributed by atoms with Gasteiger partial charge in [0.25, 0.3) is 0 Å². The van der Waals surface area contributed by atoms with Gasteiger partial charge in [-0.25, -0.2) is 4.98 Å². The van der Waals surface area contributed by atoms with Crippen LogP contribution in [0, 0.1) is 0 Å². The van der Waals surface area contributed by atoms with Crippen LogP contribution in [0.2, 0.25) is 0 Å². The summed E-state index contributed by atoms with van der Waals surface area (Å²) in [5.41, 5.74) is 5.58. The quantitative estimate of drug-likeness (QED) is 0.241. The zero-order valence-electron chi connectivity index (χ0n) is 17.5. The third kappa shape index (κ3) is 3.71. The highest BCUT2D eigenvalue weighted by Gasteiger charge is 2.34. The minimum Gasteiger partial charge on any atom is -0.358 e. The van der Waals surface area contributed by atoms with Crippen LogP contribution in [0.15, 0.2) is 112 Å². The molecule has 160 valence electrons. The van der Waals surface area contributed by atoms with E-state index in [1.165, 1.54) is 16.3 Å². The maximum atomic E-state index is 4.83. The van der Waals surface area contributed by atoms with Crippen LogP contribution in [0.4, 0.5) is 17.2 Å². The van der Waals surface area contributed by atoms with Gasteiger partial charge < -0.3 is 5.32 Å². The van der Waals surface area contributed by atoms with E-state index in [4.69, 9.17) is 4.98 Å². The minimum atomic E-state index is -0.0923. The van der Waals surface area contributed by atoms with E-state index >= 15 is 0 Å². The SMILES string of the molecule is Brc1cc(Br)cc(C2Nc3c(-c4ccc5ccccc5c4)ccnc3N2c2ccccc2)c1.